The predicted octanol–water partition coefficient (Wildman–Crippen LogP) is 5.26. The number of Topliss-reactive ketones (excluding diaryl/α,β-unsaturated/α-hetero) is 1. The molecule has 1 fully saturated rings. The lowest BCUT2D eigenvalue weighted by Crippen LogP contribution is -2.14. The largest absolute Gasteiger partial charge is 0.294 e. The zero-order chi connectivity index (χ0) is 12.3. The highest BCUT2D eigenvalue weighted by molar-refractivity contribution is 9.10. The van der Waals surface area contributed by atoms with Crippen LogP contribution < -0.4 is 0 Å². The van der Waals surface area contributed by atoms with E-state index in [4.69, 9.17) is 11.6 Å². The molecule has 0 amide bonds. The third-order valence-electron chi connectivity index (χ3n) is 3.43. The second-order valence-electron chi connectivity index (χ2n) is 4.68. The third-order valence-corrected chi connectivity index (χ3v) is 4.64. The molecule has 3 heteroatoms. The molecule has 2 rings (SSSR count). The molecule has 1 aliphatic carbocycles. The third kappa shape index (κ3) is 3.32. The van der Waals surface area contributed by atoms with E-state index in [1.165, 1.54) is 25.7 Å². The van der Waals surface area contributed by atoms with Gasteiger partial charge in [-0.25, -0.2) is 0 Å². The first-order chi connectivity index (χ1) is 8.18. The second kappa shape index (κ2) is 6.01. The molecule has 1 saturated carbocycles. The number of halogens is 2. The summed E-state index contributed by atoms with van der Waals surface area (Å²) in [7, 11) is 0. The van der Waals surface area contributed by atoms with E-state index in [-0.39, 0.29) is 11.7 Å². The molecule has 0 atom stereocenters. The van der Waals surface area contributed by atoms with Crippen LogP contribution in [-0.4, -0.2) is 5.78 Å². The van der Waals surface area contributed by atoms with Crippen LogP contribution in [0.4, 0.5) is 0 Å². The minimum atomic E-state index is 0.213. The van der Waals surface area contributed by atoms with Gasteiger partial charge in [-0.05, 0) is 47.0 Å². The molecular weight excluding hydrogens is 300 g/mol. The zero-order valence-corrected chi connectivity index (χ0v) is 12.1. The van der Waals surface area contributed by atoms with Gasteiger partial charge in [0.1, 0.15) is 0 Å². The lowest BCUT2D eigenvalue weighted by molar-refractivity contribution is 0.0908. The molecule has 0 saturated heterocycles. The van der Waals surface area contributed by atoms with E-state index in [2.05, 4.69) is 15.9 Å². The summed E-state index contributed by atoms with van der Waals surface area (Å²) in [6.07, 6.45) is 7.00. The average Bonchev–Trinajstić information content (AvgIpc) is 2.60. The van der Waals surface area contributed by atoms with Gasteiger partial charge in [0.05, 0.1) is 5.02 Å². The molecule has 0 spiro atoms. The highest BCUT2D eigenvalue weighted by Crippen LogP contribution is 2.29. The molecule has 1 aliphatic rings. The molecule has 0 aromatic heterocycles. The van der Waals surface area contributed by atoms with Gasteiger partial charge in [0.15, 0.2) is 5.78 Å². The fraction of sp³-hybridized carbons (Fsp3) is 0.500. The molecule has 0 bridgehead atoms. The molecule has 92 valence electrons. The lowest BCUT2D eigenvalue weighted by atomic mass is 9.91. The first-order valence-corrected chi connectivity index (χ1v) is 7.35. The monoisotopic (exact) mass is 314 g/mol. The summed E-state index contributed by atoms with van der Waals surface area (Å²) in [5.74, 6) is 0.495. The van der Waals surface area contributed by atoms with Crippen molar-refractivity contribution in [2.75, 3.05) is 0 Å². The van der Waals surface area contributed by atoms with Crippen LogP contribution in [0.1, 0.15) is 48.9 Å². The number of hydrogen-bond donors (Lipinski definition) is 0. The van der Waals surface area contributed by atoms with Crippen LogP contribution in [0.5, 0.6) is 0 Å². The van der Waals surface area contributed by atoms with Crippen LogP contribution in [0.3, 0.4) is 0 Å². The van der Waals surface area contributed by atoms with E-state index >= 15 is 0 Å². The summed E-state index contributed by atoms with van der Waals surface area (Å²) >= 11 is 9.31. The van der Waals surface area contributed by atoms with Gasteiger partial charge in [-0.3, -0.25) is 4.79 Å². The van der Waals surface area contributed by atoms with E-state index in [9.17, 15) is 4.79 Å². The predicted molar refractivity (Wildman–Crippen MR) is 74.7 cm³/mol. The van der Waals surface area contributed by atoms with E-state index < -0.39 is 0 Å². The second-order valence-corrected chi connectivity index (χ2v) is 5.94. The van der Waals surface area contributed by atoms with Gasteiger partial charge < -0.3 is 0 Å². The van der Waals surface area contributed by atoms with Crippen LogP contribution in [-0.2, 0) is 0 Å². The number of benzene rings is 1. The number of rotatable bonds is 2. The Morgan fingerprint density at radius 1 is 1.18 bits per heavy atom. The molecule has 1 nitrogen and oxygen atoms in total. The summed E-state index contributed by atoms with van der Waals surface area (Å²) in [4.78, 5) is 12.4. The summed E-state index contributed by atoms with van der Waals surface area (Å²) in [6.45, 7) is 0. The Hall–Kier alpha value is -0.340. The topological polar surface area (TPSA) is 17.1 Å². The molecule has 0 unspecified atom stereocenters. The highest BCUT2D eigenvalue weighted by atomic mass is 79.9. The number of carbonyl (C=O) groups is 1. The van der Waals surface area contributed by atoms with Crippen molar-refractivity contribution in [3.8, 4) is 0 Å². The Morgan fingerprint density at radius 2 is 1.82 bits per heavy atom. The highest BCUT2D eigenvalue weighted by Gasteiger charge is 2.21. The molecule has 0 N–H and O–H groups in total. The summed E-state index contributed by atoms with van der Waals surface area (Å²) in [5, 5.41) is 0.655. The zero-order valence-electron chi connectivity index (χ0n) is 9.72. The number of hydrogen-bond acceptors (Lipinski definition) is 1. The van der Waals surface area contributed by atoms with Crippen molar-refractivity contribution in [2.24, 2.45) is 5.92 Å². The first-order valence-electron chi connectivity index (χ1n) is 6.18. The maximum Gasteiger partial charge on any atom is 0.165 e. The fourth-order valence-corrected chi connectivity index (χ4v) is 2.92. The van der Waals surface area contributed by atoms with Crippen LogP contribution in [0, 0.1) is 5.92 Å². The van der Waals surface area contributed by atoms with Crippen LogP contribution in [0.15, 0.2) is 22.7 Å². The summed E-state index contributed by atoms with van der Waals surface area (Å²) < 4.78 is 0.804. The molecule has 17 heavy (non-hydrogen) atoms. The molecule has 1 aromatic rings. The SMILES string of the molecule is O=C(c1ccc(Cl)c(Br)c1)C1CCCCCC1. The fourth-order valence-electron chi connectivity index (χ4n) is 2.43. The van der Waals surface area contributed by atoms with Gasteiger partial charge in [0.2, 0.25) is 0 Å². The van der Waals surface area contributed by atoms with Crippen molar-refractivity contribution in [1.29, 1.82) is 0 Å². The van der Waals surface area contributed by atoms with E-state index in [0.717, 1.165) is 22.9 Å². The van der Waals surface area contributed by atoms with Crippen LogP contribution in [0.25, 0.3) is 0 Å². The van der Waals surface area contributed by atoms with Gasteiger partial charge >= 0.3 is 0 Å². The maximum atomic E-state index is 12.4. The van der Waals surface area contributed by atoms with Crippen molar-refractivity contribution >= 4 is 33.3 Å². The van der Waals surface area contributed by atoms with Gasteiger partial charge in [-0.15, -0.1) is 0 Å². The van der Waals surface area contributed by atoms with Crippen molar-refractivity contribution in [3.05, 3.63) is 33.3 Å². The van der Waals surface area contributed by atoms with Gasteiger partial charge in [0, 0.05) is 16.0 Å². The van der Waals surface area contributed by atoms with Crippen molar-refractivity contribution in [2.45, 2.75) is 38.5 Å². The lowest BCUT2D eigenvalue weighted by Gasteiger charge is -2.13. The Bertz CT molecular complexity index is 409. The Morgan fingerprint density at radius 3 is 2.41 bits per heavy atom. The van der Waals surface area contributed by atoms with Gasteiger partial charge in [-0.2, -0.15) is 0 Å². The maximum absolute atomic E-state index is 12.4. The molecule has 0 aliphatic heterocycles. The van der Waals surface area contributed by atoms with Gasteiger partial charge in [0.25, 0.3) is 0 Å². The normalized spacial score (nSPS) is 17.8. The van der Waals surface area contributed by atoms with E-state index in [1.54, 1.807) is 6.07 Å². The van der Waals surface area contributed by atoms with Gasteiger partial charge in [-0.1, -0.05) is 37.3 Å². The molecule has 1 aromatic carbocycles. The Balaban J connectivity index is 2.14. The average molecular weight is 316 g/mol. The first kappa shape index (κ1) is 13.1. The number of carbonyl (C=O) groups excluding carboxylic acids is 1. The molecule has 0 radical (unpaired) electrons. The summed E-state index contributed by atoms with van der Waals surface area (Å²) in [6, 6.07) is 5.46. The van der Waals surface area contributed by atoms with Crippen molar-refractivity contribution in [3.63, 3.8) is 0 Å². The Labute approximate surface area is 116 Å². The smallest absolute Gasteiger partial charge is 0.165 e. The molecule has 0 heterocycles. The minimum Gasteiger partial charge on any atom is -0.294 e. The van der Waals surface area contributed by atoms with Crippen LogP contribution in [0.2, 0.25) is 5.02 Å². The minimum absolute atomic E-state index is 0.213. The van der Waals surface area contributed by atoms with E-state index in [0.29, 0.717) is 5.02 Å². The van der Waals surface area contributed by atoms with Crippen molar-refractivity contribution in [1.82, 2.24) is 0 Å². The summed E-state index contributed by atoms with van der Waals surface area (Å²) in [5.41, 5.74) is 0.785. The molecular formula is C14H16BrClO. The van der Waals surface area contributed by atoms with E-state index in [1.807, 2.05) is 12.1 Å². The van der Waals surface area contributed by atoms with Crippen molar-refractivity contribution < 1.29 is 4.79 Å². The standard InChI is InChI=1S/C14H16BrClO/c15-12-9-11(7-8-13(12)16)14(17)10-5-3-1-2-4-6-10/h7-10H,1-6H2. The quantitative estimate of drug-likeness (QED) is 0.537. The Kier molecular flexibility index (Phi) is 4.63. The number of ketones is 1. The van der Waals surface area contributed by atoms with Crippen LogP contribution >= 0.6 is 27.5 Å².